The molecule has 3 saturated heterocycles. The summed E-state index contributed by atoms with van der Waals surface area (Å²) in [6, 6.07) is 0. The molecule has 8 aliphatic rings. The molecule has 2 bridgehead atoms. The van der Waals surface area contributed by atoms with E-state index in [0.29, 0.717) is 19.3 Å². The van der Waals surface area contributed by atoms with Crippen molar-refractivity contribution in [1.29, 1.82) is 0 Å². The molecule has 3 aliphatic heterocycles. The second kappa shape index (κ2) is 12.6. The van der Waals surface area contributed by atoms with Gasteiger partial charge in [0.25, 0.3) is 0 Å². The fraction of sp³-hybridized carbons (Fsp3) is 0.951. The molecule has 3 heterocycles. The Morgan fingerprint density at radius 2 is 1.46 bits per heavy atom. The van der Waals surface area contributed by atoms with E-state index in [1.807, 2.05) is 6.92 Å². The predicted molar refractivity (Wildman–Crippen MR) is 190 cm³/mol. The SMILES string of the molecule is C[C@H]1O[C@@H](O[C@H]2[C@H](O[C@H]3CC[C@@]4(C)[C@@H](CC[C@]5(C)[C@@H]4CC(=O)[C@]46OC(=O)[C@@]7(CCC(C)(C)C[C@H]74)CC[C@@]56C)[C@]3(C)CO)OC[C@H](O)[C@@H]2O)[C@H](O)[C@H](O)[C@H]1O. The van der Waals surface area contributed by atoms with Gasteiger partial charge in [-0.1, -0.05) is 41.5 Å². The van der Waals surface area contributed by atoms with Gasteiger partial charge in [0.05, 0.1) is 30.8 Å². The maximum Gasteiger partial charge on any atom is 0.313 e. The van der Waals surface area contributed by atoms with Crippen molar-refractivity contribution in [2.75, 3.05) is 13.2 Å². The van der Waals surface area contributed by atoms with E-state index < -0.39 is 83.3 Å². The van der Waals surface area contributed by atoms with Gasteiger partial charge in [-0.3, -0.25) is 9.59 Å². The second-order valence-electron chi connectivity index (χ2n) is 20.6. The van der Waals surface area contributed by atoms with Crippen molar-refractivity contribution in [1.82, 2.24) is 0 Å². The van der Waals surface area contributed by atoms with Crippen molar-refractivity contribution >= 4 is 11.8 Å². The third kappa shape index (κ3) is 4.98. The van der Waals surface area contributed by atoms with Crippen LogP contribution in [0, 0.1) is 50.2 Å². The molecule has 6 N–H and O–H groups in total. The van der Waals surface area contributed by atoms with E-state index in [2.05, 4.69) is 34.6 Å². The molecule has 306 valence electrons. The molecule has 0 unspecified atom stereocenters. The van der Waals surface area contributed by atoms with Crippen molar-refractivity contribution in [3.05, 3.63) is 0 Å². The minimum absolute atomic E-state index is 0.0159. The zero-order chi connectivity index (χ0) is 39.2. The molecule has 0 aromatic heterocycles. The van der Waals surface area contributed by atoms with Crippen molar-refractivity contribution in [2.24, 2.45) is 50.2 Å². The average Bonchev–Trinajstić information content (AvgIpc) is 3.31. The Bertz CT molecular complexity index is 1520. The topological polar surface area (TPSA) is 202 Å². The Balaban J connectivity index is 1.07. The molecule has 13 nitrogen and oxygen atoms in total. The maximum atomic E-state index is 15.0. The van der Waals surface area contributed by atoms with E-state index in [9.17, 15) is 35.4 Å². The smallest absolute Gasteiger partial charge is 0.313 e. The van der Waals surface area contributed by atoms with Crippen LogP contribution in [-0.2, 0) is 33.3 Å². The van der Waals surface area contributed by atoms with Crippen LogP contribution in [0.5, 0.6) is 0 Å². The fourth-order valence-corrected chi connectivity index (χ4v) is 14.2. The van der Waals surface area contributed by atoms with Crippen LogP contribution in [0.25, 0.3) is 0 Å². The third-order valence-electron chi connectivity index (χ3n) is 17.7. The summed E-state index contributed by atoms with van der Waals surface area (Å²) in [6.07, 6.45) is -5.70. The van der Waals surface area contributed by atoms with E-state index in [1.165, 1.54) is 6.92 Å². The molecule has 54 heavy (non-hydrogen) atoms. The number of aliphatic hydroxyl groups is 6. The van der Waals surface area contributed by atoms with Crippen LogP contribution in [0.3, 0.4) is 0 Å². The highest BCUT2D eigenvalue weighted by Gasteiger charge is 2.84. The van der Waals surface area contributed by atoms with E-state index in [0.717, 1.165) is 44.9 Å². The summed E-state index contributed by atoms with van der Waals surface area (Å²) in [7, 11) is 0. The summed E-state index contributed by atoms with van der Waals surface area (Å²) in [5.74, 6) is -0.295. The fourth-order valence-electron chi connectivity index (χ4n) is 14.2. The van der Waals surface area contributed by atoms with Crippen LogP contribution in [0.4, 0.5) is 0 Å². The largest absolute Gasteiger partial charge is 0.450 e. The molecule has 8 fully saturated rings. The van der Waals surface area contributed by atoms with Gasteiger partial charge in [0.15, 0.2) is 24.0 Å². The number of ether oxygens (including phenoxy) is 5. The van der Waals surface area contributed by atoms with Crippen molar-refractivity contribution in [3.8, 4) is 0 Å². The number of hydrogen-bond donors (Lipinski definition) is 6. The van der Waals surface area contributed by atoms with Gasteiger partial charge in [0.1, 0.15) is 36.6 Å². The van der Waals surface area contributed by atoms with Gasteiger partial charge in [0.2, 0.25) is 0 Å². The molecule has 0 radical (unpaired) electrons. The molecule has 0 amide bonds. The van der Waals surface area contributed by atoms with Crippen molar-refractivity contribution in [3.63, 3.8) is 0 Å². The Morgan fingerprint density at radius 3 is 2.17 bits per heavy atom. The second-order valence-corrected chi connectivity index (χ2v) is 20.6. The number of rotatable bonds is 5. The Hall–Kier alpha value is -1.26. The first kappa shape index (κ1) is 39.6. The van der Waals surface area contributed by atoms with Gasteiger partial charge in [-0.2, -0.15) is 0 Å². The maximum absolute atomic E-state index is 15.0. The number of fused-ring (bicyclic) bond motifs is 4. The standard InChI is InChI=1S/C41H64O13/c1-20-27(45)29(47)30(48)32(51-20)53-31-28(46)21(43)18-50-33(31)52-26-9-10-36(4)22(37(26,5)19-42)8-11-38(6)23(36)16-25(44)41-24-17-35(2,3)12-14-40(24,34(49)54-41)15-13-39(38,41)7/h20-24,26-33,42-43,45-48H,8-19H2,1-7H3/t20-,21+,22-,23-,24-,26+,27+,28+,29-,30-,31-,32+,33+,36+,37+,38-,39+,40+,41-/m1/s1. The van der Waals surface area contributed by atoms with Crippen LogP contribution in [0.1, 0.15) is 113 Å². The zero-order valence-electron chi connectivity index (χ0n) is 33.0. The van der Waals surface area contributed by atoms with Crippen LogP contribution in [0.15, 0.2) is 0 Å². The number of carbonyl (C=O) groups is 2. The molecule has 13 heteroatoms. The van der Waals surface area contributed by atoms with Crippen LogP contribution in [-0.4, -0.2) is 123 Å². The quantitative estimate of drug-likeness (QED) is 0.176. The predicted octanol–water partition coefficient (Wildman–Crippen LogP) is 2.37. The van der Waals surface area contributed by atoms with Gasteiger partial charge >= 0.3 is 5.97 Å². The van der Waals surface area contributed by atoms with Crippen LogP contribution in [0.2, 0.25) is 0 Å². The van der Waals surface area contributed by atoms with E-state index >= 15 is 4.79 Å². The molecular weight excluding hydrogens is 700 g/mol. The molecule has 19 atom stereocenters. The summed E-state index contributed by atoms with van der Waals surface area (Å²) in [5, 5.41) is 64.3. The van der Waals surface area contributed by atoms with Crippen molar-refractivity contribution in [2.45, 2.75) is 180 Å². The van der Waals surface area contributed by atoms with Gasteiger partial charge in [-0.15, -0.1) is 0 Å². The average molecular weight is 765 g/mol. The highest BCUT2D eigenvalue weighted by atomic mass is 16.8. The molecule has 5 saturated carbocycles. The van der Waals surface area contributed by atoms with E-state index in [1.54, 1.807) is 0 Å². The number of carbonyl (C=O) groups excluding carboxylic acids is 2. The first-order valence-electron chi connectivity index (χ1n) is 20.5. The Kier molecular flexibility index (Phi) is 9.25. The number of hydrogen-bond acceptors (Lipinski definition) is 13. The molecule has 0 aromatic carbocycles. The van der Waals surface area contributed by atoms with Gasteiger partial charge in [0, 0.05) is 23.2 Å². The number of ketones is 1. The summed E-state index contributed by atoms with van der Waals surface area (Å²) in [4.78, 5) is 29.0. The monoisotopic (exact) mass is 764 g/mol. The lowest BCUT2D eigenvalue weighted by molar-refractivity contribution is -0.366. The summed E-state index contributed by atoms with van der Waals surface area (Å²) in [5.41, 5.74) is -3.71. The molecule has 5 aliphatic carbocycles. The number of esters is 1. The first-order valence-corrected chi connectivity index (χ1v) is 20.5. The number of Topliss-reactive ketones (excluding diaryl/α,β-unsaturated/α-hetero) is 1. The lowest BCUT2D eigenvalue weighted by atomic mass is 9.30. The summed E-state index contributed by atoms with van der Waals surface area (Å²) in [6.45, 7) is 14.5. The number of aliphatic hydroxyl groups excluding tert-OH is 6. The van der Waals surface area contributed by atoms with Gasteiger partial charge in [-0.05, 0) is 92.8 Å². The van der Waals surface area contributed by atoms with Crippen LogP contribution >= 0.6 is 0 Å². The van der Waals surface area contributed by atoms with E-state index in [4.69, 9.17) is 23.7 Å². The normalized spacial score (nSPS) is 58.0. The van der Waals surface area contributed by atoms with E-state index in [-0.39, 0.29) is 59.0 Å². The van der Waals surface area contributed by atoms with Gasteiger partial charge in [-0.25, -0.2) is 0 Å². The minimum Gasteiger partial charge on any atom is -0.450 e. The molecule has 0 aromatic rings. The molecule has 8 rings (SSSR count). The van der Waals surface area contributed by atoms with Crippen LogP contribution < -0.4 is 0 Å². The minimum atomic E-state index is -1.64. The Labute approximate surface area is 318 Å². The summed E-state index contributed by atoms with van der Waals surface area (Å²) < 4.78 is 30.9. The third-order valence-corrected chi connectivity index (χ3v) is 17.7. The highest BCUT2D eigenvalue weighted by molar-refractivity contribution is 5.98. The van der Waals surface area contributed by atoms with Gasteiger partial charge < -0.3 is 54.3 Å². The van der Waals surface area contributed by atoms with Crippen molar-refractivity contribution < 1.29 is 63.9 Å². The zero-order valence-corrected chi connectivity index (χ0v) is 33.0. The Morgan fingerprint density at radius 1 is 0.759 bits per heavy atom. The molecule has 1 spiro atoms. The lowest BCUT2D eigenvalue weighted by Crippen LogP contribution is -2.75. The lowest BCUT2D eigenvalue weighted by Gasteiger charge is -2.73. The molecular formula is C41H64O13. The first-order chi connectivity index (χ1) is 25.2. The highest BCUT2D eigenvalue weighted by Crippen LogP contribution is 2.80. The summed E-state index contributed by atoms with van der Waals surface area (Å²) >= 11 is 0.